The summed E-state index contributed by atoms with van der Waals surface area (Å²) < 4.78 is 7.01. The number of likely N-dealkylation sites (N-methyl/N-ethyl adjacent to an activating group) is 1. The van der Waals surface area contributed by atoms with Crippen LogP contribution in [0.5, 0.6) is 5.75 Å². The van der Waals surface area contributed by atoms with Crippen LogP contribution in [0.4, 0.5) is 0 Å². The van der Waals surface area contributed by atoms with Gasteiger partial charge in [0.05, 0.1) is 12.4 Å². The summed E-state index contributed by atoms with van der Waals surface area (Å²) in [5.41, 5.74) is 0. The van der Waals surface area contributed by atoms with Crippen molar-refractivity contribution in [3.8, 4) is 5.75 Å². The fourth-order valence-electron chi connectivity index (χ4n) is 1.08. The molecule has 1 aromatic heterocycles. The maximum Gasteiger partial charge on any atom is 0.262 e. The second-order valence-corrected chi connectivity index (χ2v) is 3.34. The average Bonchev–Trinajstić information content (AvgIpc) is 2.49. The maximum absolute atomic E-state index is 11.4. The fraction of sp³-hybridized carbons (Fsp3) is 0.556. The van der Waals surface area contributed by atoms with Crippen molar-refractivity contribution in [3.63, 3.8) is 0 Å². The summed E-state index contributed by atoms with van der Waals surface area (Å²) in [6.45, 7) is 1.72. The molecule has 1 rings (SSSR count). The number of aryl methyl sites for hydroxylation is 1. The minimum absolute atomic E-state index is 0.0612. The topological polar surface area (TPSA) is 47.4 Å². The summed E-state index contributed by atoms with van der Waals surface area (Å²) in [7, 11) is 5.20. The molecule has 1 heterocycles. The molecule has 1 aromatic rings. The predicted octanol–water partition coefficient (Wildman–Crippen LogP) is 0.276. The Morgan fingerprint density at radius 3 is 2.71 bits per heavy atom. The van der Waals surface area contributed by atoms with Gasteiger partial charge in [0, 0.05) is 21.1 Å². The number of carbonyl (C=O) groups is 1. The zero-order valence-corrected chi connectivity index (χ0v) is 8.89. The zero-order valence-electron chi connectivity index (χ0n) is 8.89. The number of carbonyl (C=O) groups excluding carboxylic acids is 1. The first-order valence-electron chi connectivity index (χ1n) is 4.37. The highest BCUT2D eigenvalue weighted by Gasteiger charge is 2.16. The minimum atomic E-state index is -0.478. The summed E-state index contributed by atoms with van der Waals surface area (Å²) in [4.78, 5) is 12.9. The van der Waals surface area contributed by atoms with Gasteiger partial charge in [0.15, 0.2) is 11.9 Å². The van der Waals surface area contributed by atoms with Gasteiger partial charge in [0.25, 0.3) is 5.91 Å². The fourth-order valence-corrected chi connectivity index (χ4v) is 1.08. The normalized spacial score (nSPS) is 12.3. The van der Waals surface area contributed by atoms with E-state index in [0.717, 1.165) is 0 Å². The molecule has 0 N–H and O–H groups in total. The van der Waals surface area contributed by atoms with E-state index in [2.05, 4.69) is 5.10 Å². The van der Waals surface area contributed by atoms with Crippen LogP contribution in [0, 0.1) is 0 Å². The van der Waals surface area contributed by atoms with E-state index in [1.807, 2.05) is 0 Å². The van der Waals surface area contributed by atoms with Crippen LogP contribution in [0.3, 0.4) is 0 Å². The smallest absolute Gasteiger partial charge is 0.262 e. The highest BCUT2D eigenvalue weighted by molar-refractivity contribution is 5.80. The summed E-state index contributed by atoms with van der Waals surface area (Å²) in [5.74, 6) is 0.545. The molecule has 0 fully saturated rings. The molecule has 0 saturated carbocycles. The molecule has 0 aliphatic heterocycles. The van der Waals surface area contributed by atoms with Gasteiger partial charge < -0.3 is 9.64 Å². The Kier molecular flexibility index (Phi) is 3.11. The number of ether oxygens (including phenoxy) is 1. The third-order valence-electron chi connectivity index (χ3n) is 1.78. The number of nitrogens with zero attached hydrogens (tertiary/aromatic N) is 3. The third-order valence-corrected chi connectivity index (χ3v) is 1.78. The molecule has 0 spiro atoms. The first-order chi connectivity index (χ1) is 6.50. The van der Waals surface area contributed by atoms with Crippen molar-refractivity contribution in [2.75, 3.05) is 14.1 Å². The first kappa shape index (κ1) is 10.6. The quantitative estimate of drug-likeness (QED) is 0.699. The lowest BCUT2D eigenvalue weighted by atomic mass is 10.3. The molecule has 14 heavy (non-hydrogen) atoms. The summed E-state index contributed by atoms with van der Waals surface area (Å²) in [6, 6.07) is 0. The van der Waals surface area contributed by atoms with Crippen LogP contribution in [-0.4, -0.2) is 40.8 Å². The van der Waals surface area contributed by atoms with Crippen LogP contribution in [0.15, 0.2) is 12.4 Å². The largest absolute Gasteiger partial charge is 0.478 e. The Morgan fingerprint density at radius 1 is 1.64 bits per heavy atom. The number of rotatable bonds is 3. The van der Waals surface area contributed by atoms with Crippen LogP contribution in [0.25, 0.3) is 0 Å². The van der Waals surface area contributed by atoms with Crippen molar-refractivity contribution in [1.29, 1.82) is 0 Å². The standard InChI is InChI=1S/C9H15N3O2/c1-7(9(13)11(2)3)14-8-5-10-12(4)6-8/h5-7H,1-4H3. The number of aromatic nitrogens is 2. The third kappa shape index (κ3) is 2.48. The van der Waals surface area contributed by atoms with E-state index < -0.39 is 6.10 Å². The van der Waals surface area contributed by atoms with E-state index in [1.165, 1.54) is 4.90 Å². The summed E-state index contributed by atoms with van der Waals surface area (Å²) in [5, 5.41) is 3.94. The molecule has 0 aliphatic carbocycles. The van der Waals surface area contributed by atoms with E-state index in [4.69, 9.17) is 4.74 Å². The van der Waals surface area contributed by atoms with Gasteiger partial charge in [-0.05, 0) is 6.92 Å². The highest BCUT2D eigenvalue weighted by atomic mass is 16.5. The molecule has 0 aliphatic rings. The van der Waals surface area contributed by atoms with Crippen LogP contribution < -0.4 is 4.74 Å². The van der Waals surface area contributed by atoms with Crippen molar-refractivity contribution in [3.05, 3.63) is 12.4 Å². The summed E-state index contributed by atoms with van der Waals surface area (Å²) >= 11 is 0. The number of amides is 1. The molecule has 0 saturated heterocycles. The van der Waals surface area contributed by atoms with Gasteiger partial charge in [-0.15, -0.1) is 0 Å². The van der Waals surface area contributed by atoms with Crippen molar-refractivity contribution >= 4 is 5.91 Å². The molecule has 1 atom stereocenters. The van der Waals surface area contributed by atoms with Crippen molar-refractivity contribution in [2.24, 2.45) is 7.05 Å². The van der Waals surface area contributed by atoms with E-state index in [9.17, 15) is 4.79 Å². The van der Waals surface area contributed by atoms with Gasteiger partial charge in [-0.1, -0.05) is 0 Å². The van der Waals surface area contributed by atoms with Crippen LogP contribution in [-0.2, 0) is 11.8 Å². The molecule has 0 bridgehead atoms. The molecule has 0 radical (unpaired) electrons. The lowest BCUT2D eigenvalue weighted by molar-refractivity contribution is -0.135. The van der Waals surface area contributed by atoms with Crippen LogP contribution in [0.2, 0.25) is 0 Å². The monoisotopic (exact) mass is 197 g/mol. The molecule has 5 nitrogen and oxygen atoms in total. The highest BCUT2D eigenvalue weighted by Crippen LogP contribution is 2.10. The number of hydrogen-bond acceptors (Lipinski definition) is 3. The van der Waals surface area contributed by atoms with Gasteiger partial charge in [-0.25, -0.2) is 0 Å². The van der Waals surface area contributed by atoms with Gasteiger partial charge in [-0.3, -0.25) is 9.48 Å². The molecule has 5 heteroatoms. The average molecular weight is 197 g/mol. The molecule has 1 unspecified atom stereocenters. The van der Waals surface area contributed by atoms with Gasteiger partial charge in [0.2, 0.25) is 0 Å². The van der Waals surface area contributed by atoms with Gasteiger partial charge in [0.1, 0.15) is 0 Å². The van der Waals surface area contributed by atoms with E-state index >= 15 is 0 Å². The Bertz CT molecular complexity index is 320. The van der Waals surface area contributed by atoms with E-state index in [1.54, 1.807) is 45.1 Å². The van der Waals surface area contributed by atoms with E-state index in [-0.39, 0.29) is 5.91 Å². The lowest BCUT2D eigenvalue weighted by Crippen LogP contribution is -2.35. The maximum atomic E-state index is 11.4. The summed E-state index contributed by atoms with van der Waals surface area (Å²) in [6.07, 6.45) is 2.83. The number of hydrogen-bond donors (Lipinski definition) is 0. The van der Waals surface area contributed by atoms with Crippen LogP contribution >= 0.6 is 0 Å². The second-order valence-electron chi connectivity index (χ2n) is 3.34. The van der Waals surface area contributed by atoms with Gasteiger partial charge >= 0.3 is 0 Å². The van der Waals surface area contributed by atoms with Crippen molar-refractivity contribution in [1.82, 2.24) is 14.7 Å². The molecular weight excluding hydrogens is 182 g/mol. The Hall–Kier alpha value is -1.52. The minimum Gasteiger partial charge on any atom is -0.478 e. The van der Waals surface area contributed by atoms with Crippen molar-refractivity contribution in [2.45, 2.75) is 13.0 Å². The molecule has 1 amide bonds. The molecular formula is C9H15N3O2. The van der Waals surface area contributed by atoms with E-state index in [0.29, 0.717) is 5.75 Å². The predicted molar refractivity (Wildman–Crippen MR) is 52.0 cm³/mol. The SMILES string of the molecule is CC(Oc1cnn(C)c1)C(=O)N(C)C. The first-order valence-corrected chi connectivity index (χ1v) is 4.37. The lowest BCUT2D eigenvalue weighted by Gasteiger charge is -2.16. The molecule has 78 valence electrons. The zero-order chi connectivity index (χ0) is 10.7. The molecule has 0 aromatic carbocycles. The second kappa shape index (κ2) is 4.13. The Labute approximate surface area is 83.3 Å². The van der Waals surface area contributed by atoms with Crippen molar-refractivity contribution < 1.29 is 9.53 Å². The Balaban J connectivity index is 2.57. The Morgan fingerprint density at radius 2 is 2.29 bits per heavy atom. The van der Waals surface area contributed by atoms with Crippen LogP contribution in [0.1, 0.15) is 6.92 Å². The van der Waals surface area contributed by atoms with Gasteiger partial charge in [-0.2, -0.15) is 5.10 Å².